The standard InChI is InChI=1S/C26H17BrClNO5/c1-13-3-9-17(12-19(13)28)29-22(14-4-6-15(7-5-14)26(32)33-2)21-23(30)18-11-16(27)8-10-20(18)34-24(21)25(29)31/h3-12,22H,1-2H3. The van der Waals surface area contributed by atoms with Crippen LogP contribution in [0.15, 0.2) is 74.3 Å². The minimum absolute atomic E-state index is 0.0152. The molecule has 4 aromatic rings. The van der Waals surface area contributed by atoms with E-state index in [0.29, 0.717) is 32.8 Å². The lowest BCUT2D eigenvalue weighted by atomic mass is 9.97. The van der Waals surface area contributed by atoms with Crippen LogP contribution in [-0.2, 0) is 4.74 Å². The van der Waals surface area contributed by atoms with Crippen LogP contribution in [0.4, 0.5) is 5.69 Å². The van der Waals surface area contributed by atoms with E-state index in [2.05, 4.69) is 15.9 Å². The lowest BCUT2D eigenvalue weighted by Gasteiger charge is -2.25. The summed E-state index contributed by atoms with van der Waals surface area (Å²) in [5.41, 5.74) is 2.64. The van der Waals surface area contributed by atoms with Crippen LogP contribution in [0.25, 0.3) is 11.0 Å². The van der Waals surface area contributed by atoms with E-state index in [9.17, 15) is 14.4 Å². The Bertz CT molecular complexity index is 1540. The molecule has 2 heterocycles. The normalized spacial score (nSPS) is 15.0. The molecule has 0 fully saturated rings. The van der Waals surface area contributed by atoms with Crippen molar-refractivity contribution < 1.29 is 18.7 Å². The van der Waals surface area contributed by atoms with Crippen LogP contribution in [-0.4, -0.2) is 19.0 Å². The van der Waals surface area contributed by atoms with Crippen LogP contribution >= 0.6 is 27.5 Å². The third-order valence-electron chi connectivity index (χ3n) is 5.91. The fraction of sp³-hybridized carbons (Fsp3) is 0.115. The van der Waals surface area contributed by atoms with Crippen molar-refractivity contribution in [3.63, 3.8) is 0 Å². The van der Waals surface area contributed by atoms with Gasteiger partial charge in [-0.05, 0) is 60.5 Å². The highest BCUT2D eigenvalue weighted by molar-refractivity contribution is 9.10. The molecule has 6 nitrogen and oxygen atoms in total. The molecule has 34 heavy (non-hydrogen) atoms. The second-order valence-corrected chi connectivity index (χ2v) is 9.26. The predicted molar refractivity (Wildman–Crippen MR) is 133 cm³/mol. The van der Waals surface area contributed by atoms with Gasteiger partial charge < -0.3 is 9.15 Å². The predicted octanol–water partition coefficient (Wildman–Crippen LogP) is 6.05. The smallest absolute Gasteiger partial charge is 0.337 e. The van der Waals surface area contributed by atoms with Gasteiger partial charge in [-0.3, -0.25) is 14.5 Å². The summed E-state index contributed by atoms with van der Waals surface area (Å²) in [6.07, 6.45) is 0. The van der Waals surface area contributed by atoms with E-state index >= 15 is 0 Å². The monoisotopic (exact) mass is 537 g/mol. The first kappa shape index (κ1) is 22.4. The van der Waals surface area contributed by atoms with E-state index in [4.69, 9.17) is 20.8 Å². The lowest BCUT2D eigenvalue weighted by Crippen LogP contribution is -2.29. The Morgan fingerprint density at radius 1 is 1.06 bits per heavy atom. The Balaban J connectivity index is 1.77. The summed E-state index contributed by atoms with van der Waals surface area (Å²) >= 11 is 9.77. The zero-order valence-electron chi connectivity index (χ0n) is 18.1. The summed E-state index contributed by atoms with van der Waals surface area (Å²) in [4.78, 5) is 40.7. The van der Waals surface area contributed by atoms with Crippen molar-refractivity contribution >= 4 is 56.1 Å². The Kier molecular flexibility index (Phi) is 5.54. The van der Waals surface area contributed by atoms with Gasteiger partial charge in [-0.15, -0.1) is 0 Å². The van der Waals surface area contributed by atoms with E-state index in [1.807, 2.05) is 13.0 Å². The number of ether oxygens (including phenoxy) is 1. The maximum Gasteiger partial charge on any atom is 0.337 e. The zero-order chi connectivity index (χ0) is 24.1. The van der Waals surface area contributed by atoms with Crippen molar-refractivity contribution in [2.75, 3.05) is 12.0 Å². The van der Waals surface area contributed by atoms with Gasteiger partial charge in [0.05, 0.1) is 29.7 Å². The highest BCUT2D eigenvalue weighted by Crippen LogP contribution is 2.42. The van der Waals surface area contributed by atoms with Gasteiger partial charge in [0.1, 0.15) is 5.58 Å². The number of esters is 1. The van der Waals surface area contributed by atoms with Crippen molar-refractivity contribution in [3.8, 4) is 0 Å². The van der Waals surface area contributed by atoms with E-state index < -0.39 is 17.9 Å². The Morgan fingerprint density at radius 3 is 2.47 bits per heavy atom. The molecule has 1 aromatic heterocycles. The minimum Gasteiger partial charge on any atom is -0.465 e. The molecule has 1 amide bonds. The highest BCUT2D eigenvalue weighted by Gasteiger charge is 2.43. The Labute approximate surface area is 207 Å². The number of carbonyl (C=O) groups excluding carboxylic acids is 2. The van der Waals surface area contributed by atoms with Crippen LogP contribution in [0.1, 0.15) is 43.6 Å². The van der Waals surface area contributed by atoms with Crippen molar-refractivity contribution in [1.82, 2.24) is 0 Å². The van der Waals surface area contributed by atoms with Crippen LogP contribution in [0.5, 0.6) is 0 Å². The molecule has 0 spiro atoms. The molecule has 170 valence electrons. The number of benzene rings is 3. The molecule has 0 saturated carbocycles. The average Bonchev–Trinajstić information content (AvgIpc) is 3.13. The first-order valence-electron chi connectivity index (χ1n) is 10.3. The summed E-state index contributed by atoms with van der Waals surface area (Å²) in [7, 11) is 1.31. The second-order valence-electron chi connectivity index (χ2n) is 7.94. The minimum atomic E-state index is -0.771. The van der Waals surface area contributed by atoms with Crippen LogP contribution in [0.3, 0.4) is 0 Å². The average molecular weight is 539 g/mol. The number of anilines is 1. The van der Waals surface area contributed by atoms with E-state index in [1.54, 1.807) is 54.6 Å². The van der Waals surface area contributed by atoms with Gasteiger partial charge in [-0.2, -0.15) is 0 Å². The zero-order valence-corrected chi connectivity index (χ0v) is 20.4. The molecule has 0 aliphatic carbocycles. The molecule has 0 saturated heterocycles. The number of carbonyl (C=O) groups is 2. The summed E-state index contributed by atoms with van der Waals surface area (Å²) in [6, 6.07) is 16.2. The molecule has 1 atom stereocenters. The quantitative estimate of drug-likeness (QED) is 0.297. The van der Waals surface area contributed by atoms with Crippen molar-refractivity contribution in [1.29, 1.82) is 0 Å². The number of hydrogen-bond donors (Lipinski definition) is 0. The topological polar surface area (TPSA) is 76.8 Å². The highest BCUT2D eigenvalue weighted by atomic mass is 79.9. The molecular weight excluding hydrogens is 522 g/mol. The Morgan fingerprint density at radius 2 is 1.79 bits per heavy atom. The van der Waals surface area contributed by atoms with E-state index in [-0.39, 0.29) is 16.8 Å². The summed E-state index contributed by atoms with van der Waals surface area (Å²) < 4.78 is 11.5. The number of amides is 1. The van der Waals surface area contributed by atoms with E-state index in [1.165, 1.54) is 12.0 Å². The first-order valence-corrected chi connectivity index (χ1v) is 11.5. The van der Waals surface area contributed by atoms with Gasteiger partial charge in [0.2, 0.25) is 5.76 Å². The molecule has 0 radical (unpaired) electrons. The summed E-state index contributed by atoms with van der Waals surface area (Å²) in [5, 5.41) is 0.857. The summed E-state index contributed by atoms with van der Waals surface area (Å²) in [6.45, 7) is 1.87. The number of rotatable bonds is 3. The maximum atomic E-state index is 13.7. The van der Waals surface area contributed by atoms with Gasteiger partial charge in [-0.1, -0.05) is 45.7 Å². The number of halogens is 2. The SMILES string of the molecule is COC(=O)c1ccc(C2c3c(oc4ccc(Br)cc4c3=O)C(=O)N2c2ccc(C)c(Cl)c2)cc1. The lowest BCUT2D eigenvalue weighted by molar-refractivity contribution is 0.0600. The molecule has 1 aliphatic heterocycles. The van der Waals surface area contributed by atoms with Crippen molar-refractivity contribution in [2.24, 2.45) is 0 Å². The van der Waals surface area contributed by atoms with E-state index in [0.717, 1.165) is 10.0 Å². The van der Waals surface area contributed by atoms with Crippen LogP contribution in [0, 0.1) is 6.92 Å². The van der Waals surface area contributed by atoms with Gasteiger partial charge in [-0.25, -0.2) is 4.79 Å². The number of fused-ring (bicyclic) bond motifs is 2. The fourth-order valence-electron chi connectivity index (χ4n) is 4.18. The molecule has 5 rings (SSSR count). The third kappa shape index (κ3) is 3.52. The third-order valence-corrected chi connectivity index (χ3v) is 6.81. The largest absolute Gasteiger partial charge is 0.465 e. The molecule has 0 N–H and O–H groups in total. The summed E-state index contributed by atoms with van der Waals surface area (Å²) in [5.74, 6) is -0.940. The van der Waals surface area contributed by atoms with Crippen LogP contribution in [0.2, 0.25) is 5.02 Å². The first-order chi connectivity index (χ1) is 16.3. The molecule has 1 aliphatic rings. The number of aryl methyl sites for hydroxylation is 1. The fourth-order valence-corrected chi connectivity index (χ4v) is 4.71. The molecule has 8 heteroatoms. The Hall–Kier alpha value is -3.42. The van der Waals surface area contributed by atoms with Gasteiger partial charge in [0, 0.05) is 15.2 Å². The number of hydrogen-bond acceptors (Lipinski definition) is 5. The van der Waals surface area contributed by atoms with Gasteiger partial charge in [0.15, 0.2) is 5.43 Å². The number of methoxy groups -OCH3 is 1. The molecular formula is C26H17BrClNO5. The van der Waals surface area contributed by atoms with Crippen molar-refractivity contribution in [3.05, 3.63) is 108 Å². The van der Waals surface area contributed by atoms with Crippen LogP contribution < -0.4 is 10.3 Å². The van der Waals surface area contributed by atoms with Gasteiger partial charge in [0.25, 0.3) is 5.91 Å². The molecule has 0 bridgehead atoms. The number of nitrogens with zero attached hydrogens (tertiary/aromatic N) is 1. The molecule has 1 unspecified atom stereocenters. The second kappa shape index (κ2) is 8.42. The van der Waals surface area contributed by atoms with Gasteiger partial charge >= 0.3 is 5.97 Å². The van der Waals surface area contributed by atoms with Crippen molar-refractivity contribution in [2.45, 2.75) is 13.0 Å². The maximum absolute atomic E-state index is 13.7. The molecule has 3 aromatic carbocycles.